The minimum absolute atomic E-state index is 0.0234. The van der Waals surface area contributed by atoms with Crippen LogP contribution in [0.5, 0.6) is 0 Å². The lowest BCUT2D eigenvalue weighted by Crippen LogP contribution is -2.41. The SMILES string of the molecule is O=C(Nc1ccc(Cl)c(Cl)n1)N1CCCC[C@H]1c1cn[nH]c1. The van der Waals surface area contributed by atoms with Gasteiger partial charge in [-0.05, 0) is 31.4 Å². The number of likely N-dealkylation sites (tertiary alicyclic amines) is 1. The first-order chi connectivity index (χ1) is 10.6. The Morgan fingerprint density at radius 1 is 1.36 bits per heavy atom. The minimum Gasteiger partial charge on any atom is -0.317 e. The van der Waals surface area contributed by atoms with Gasteiger partial charge in [-0.15, -0.1) is 0 Å². The van der Waals surface area contributed by atoms with Crippen molar-refractivity contribution in [3.8, 4) is 0 Å². The molecule has 3 heterocycles. The van der Waals surface area contributed by atoms with E-state index in [2.05, 4.69) is 20.5 Å². The Balaban J connectivity index is 1.75. The fraction of sp³-hybridized carbons (Fsp3) is 0.357. The highest BCUT2D eigenvalue weighted by Gasteiger charge is 2.28. The molecule has 116 valence electrons. The van der Waals surface area contributed by atoms with Crippen molar-refractivity contribution in [1.82, 2.24) is 20.1 Å². The molecule has 1 atom stereocenters. The Labute approximate surface area is 137 Å². The van der Waals surface area contributed by atoms with Crippen molar-refractivity contribution >= 4 is 35.1 Å². The number of rotatable bonds is 2. The van der Waals surface area contributed by atoms with Crippen molar-refractivity contribution in [3.05, 3.63) is 40.3 Å². The lowest BCUT2D eigenvalue weighted by Gasteiger charge is -2.35. The third-order valence-corrected chi connectivity index (χ3v) is 4.40. The van der Waals surface area contributed by atoms with Crippen LogP contribution in [-0.4, -0.2) is 32.7 Å². The fourth-order valence-electron chi connectivity index (χ4n) is 2.63. The van der Waals surface area contributed by atoms with Gasteiger partial charge in [-0.1, -0.05) is 23.2 Å². The first-order valence-electron chi connectivity index (χ1n) is 7.03. The summed E-state index contributed by atoms with van der Waals surface area (Å²) in [7, 11) is 0. The molecular weight excluding hydrogens is 325 g/mol. The summed E-state index contributed by atoms with van der Waals surface area (Å²) in [4.78, 5) is 18.4. The molecule has 3 rings (SSSR count). The Hall–Kier alpha value is -1.79. The zero-order valence-corrected chi connectivity index (χ0v) is 13.2. The Morgan fingerprint density at radius 3 is 2.95 bits per heavy atom. The molecule has 1 saturated heterocycles. The quantitative estimate of drug-likeness (QED) is 0.815. The number of halogens is 2. The Morgan fingerprint density at radius 2 is 2.23 bits per heavy atom. The number of hydrogen-bond acceptors (Lipinski definition) is 3. The molecule has 0 aliphatic carbocycles. The summed E-state index contributed by atoms with van der Waals surface area (Å²) in [6.45, 7) is 0.697. The number of urea groups is 1. The molecule has 0 unspecified atom stereocenters. The summed E-state index contributed by atoms with van der Waals surface area (Å²) in [5.74, 6) is 0.385. The van der Waals surface area contributed by atoms with Gasteiger partial charge in [0, 0.05) is 18.3 Å². The molecule has 6 nitrogen and oxygen atoms in total. The van der Waals surface area contributed by atoms with E-state index in [0.717, 1.165) is 24.8 Å². The maximum Gasteiger partial charge on any atom is 0.323 e. The zero-order chi connectivity index (χ0) is 15.5. The number of aromatic amines is 1. The number of aromatic nitrogens is 3. The smallest absolute Gasteiger partial charge is 0.317 e. The van der Waals surface area contributed by atoms with E-state index in [1.54, 1.807) is 23.2 Å². The van der Waals surface area contributed by atoms with E-state index in [1.807, 2.05) is 6.20 Å². The number of amides is 2. The predicted octanol–water partition coefficient (Wildman–Crippen LogP) is 3.87. The lowest BCUT2D eigenvalue weighted by atomic mass is 9.98. The van der Waals surface area contributed by atoms with E-state index >= 15 is 0 Å². The highest BCUT2D eigenvalue weighted by Crippen LogP contribution is 2.31. The highest BCUT2D eigenvalue weighted by molar-refractivity contribution is 6.41. The number of piperidine rings is 1. The molecular formula is C14H15Cl2N5O. The van der Waals surface area contributed by atoms with Crippen molar-refractivity contribution in [1.29, 1.82) is 0 Å². The van der Waals surface area contributed by atoms with Crippen LogP contribution in [0.25, 0.3) is 0 Å². The number of carbonyl (C=O) groups excluding carboxylic acids is 1. The van der Waals surface area contributed by atoms with Gasteiger partial charge in [0.05, 0.1) is 17.3 Å². The van der Waals surface area contributed by atoms with Crippen LogP contribution in [0, 0.1) is 0 Å². The lowest BCUT2D eigenvalue weighted by molar-refractivity contribution is 0.163. The summed E-state index contributed by atoms with van der Waals surface area (Å²) < 4.78 is 0. The molecule has 1 aliphatic heterocycles. The van der Waals surface area contributed by atoms with Gasteiger partial charge >= 0.3 is 6.03 Å². The number of hydrogen-bond donors (Lipinski definition) is 2. The standard InChI is InChI=1S/C14H15Cl2N5O/c15-10-4-5-12(19-13(10)16)20-14(22)21-6-2-1-3-11(21)9-7-17-18-8-9/h4-5,7-8,11H,1-3,6H2,(H,17,18)(H,19,20,22)/t11-/m0/s1. The van der Waals surface area contributed by atoms with E-state index < -0.39 is 0 Å². The molecule has 0 aromatic carbocycles. The van der Waals surface area contributed by atoms with E-state index in [-0.39, 0.29) is 17.2 Å². The maximum atomic E-state index is 12.5. The summed E-state index contributed by atoms with van der Waals surface area (Å²) in [5.41, 5.74) is 1.01. The fourth-order valence-corrected chi connectivity index (χ4v) is 2.89. The van der Waals surface area contributed by atoms with Gasteiger partial charge in [-0.3, -0.25) is 10.4 Å². The van der Waals surface area contributed by atoms with Gasteiger partial charge in [-0.25, -0.2) is 9.78 Å². The average Bonchev–Trinajstić information content (AvgIpc) is 3.05. The van der Waals surface area contributed by atoms with Gasteiger partial charge in [0.2, 0.25) is 0 Å². The van der Waals surface area contributed by atoms with Crippen LogP contribution in [0.2, 0.25) is 10.2 Å². The van der Waals surface area contributed by atoms with Gasteiger partial charge in [0.1, 0.15) is 11.0 Å². The molecule has 0 radical (unpaired) electrons. The number of H-pyrrole nitrogens is 1. The van der Waals surface area contributed by atoms with Gasteiger partial charge in [0.15, 0.2) is 0 Å². The number of carbonyl (C=O) groups is 1. The normalized spacial score (nSPS) is 18.3. The van der Waals surface area contributed by atoms with Gasteiger partial charge < -0.3 is 4.90 Å². The van der Waals surface area contributed by atoms with Crippen LogP contribution in [0.15, 0.2) is 24.5 Å². The average molecular weight is 340 g/mol. The van der Waals surface area contributed by atoms with Crippen LogP contribution >= 0.6 is 23.2 Å². The largest absolute Gasteiger partial charge is 0.323 e. The summed E-state index contributed by atoms with van der Waals surface area (Å²) in [5, 5.41) is 10.1. The second-order valence-electron chi connectivity index (χ2n) is 5.14. The third kappa shape index (κ3) is 3.18. The van der Waals surface area contributed by atoms with Gasteiger partial charge in [0.25, 0.3) is 0 Å². The van der Waals surface area contributed by atoms with Crippen LogP contribution in [0.3, 0.4) is 0 Å². The molecule has 22 heavy (non-hydrogen) atoms. The first kappa shape index (κ1) is 15.1. The number of nitrogens with zero attached hydrogens (tertiary/aromatic N) is 3. The maximum absolute atomic E-state index is 12.5. The second-order valence-corrected chi connectivity index (χ2v) is 5.90. The highest BCUT2D eigenvalue weighted by atomic mass is 35.5. The van der Waals surface area contributed by atoms with Crippen molar-refractivity contribution in [2.45, 2.75) is 25.3 Å². The third-order valence-electron chi connectivity index (χ3n) is 3.71. The van der Waals surface area contributed by atoms with Crippen LogP contribution in [0.4, 0.5) is 10.6 Å². The van der Waals surface area contributed by atoms with Crippen LogP contribution < -0.4 is 5.32 Å². The van der Waals surface area contributed by atoms with E-state index in [4.69, 9.17) is 23.2 Å². The Kier molecular flexibility index (Phi) is 4.49. The van der Waals surface area contributed by atoms with Crippen molar-refractivity contribution in [2.24, 2.45) is 0 Å². The Bertz CT molecular complexity index is 661. The minimum atomic E-state index is -0.197. The molecule has 0 saturated carbocycles. The molecule has 0 spiro atoms. The monoisotopic (exact) mass is 339 g/mol. The second kappa shape index (κ2) is 6.54. The number of pyridine rings is 1. The molecule has 8 heteroatoms. The summed E-state index contributed by atoms with van der Waals surface area (Å²) >= 11 is 11.7. The summed E-state index contributed by atoms with van der Waals surface area (Å²) in [6, 6.07) is 3.06. The molecule has 2 aromatic rings. The van der Waals surface area contributed by atoms with E-state index in [0.29, 0.717) is 17.4 Å². The van der Waals surface area contributed by atoms with E-state index in [1.165, 1.54) is 0 Å². The molecule has 1 aliphatic rings. The van der Waals surface area contributed by atoms with Crippen molar-refractivity contribution < 1.29 is 4.79 Å². The van der Waals surface area contributed by atoms with E-state index in [9.17, 15) is 4.79 Å². The van der Waals surface area contributed by atoms with Gasteiger partial charge in [-0.2, -0.15) is 5.10 Å². The predicted molar refractivity (Wildman–Crippen MR) is 85.2 cm³/mol. The molecule has 2 amide bonds. The molecule has 2 N–H and O–H groups in total. The van der Waals surface area contributed by atoms with Crippen LogP contribution in [-0.2, 0) is 0 Å². The van der Waals surface area contributed by atoms with Crippen molar-refractivity contribution in [3.63, 3.8) is 0 Å². The zero-order valence-electron chi connectivity index (χ0n) is 11.7. The molecule has 1 fully saturated rings. The van der Waals surface area contributed by atoms with Crippen molar-refractivity contribution in [2.75, 3.05) is 11.9 Å². The number of anilines is 1. The molecule has 2 aromatic heterocycles. The topological polar surface area (TPSA) is 73.9 Å². The molecule has 0 bridgehead atoms. The number of nitrogens with one attached hydrogen (secondary N) is 2. The van der Waals surface area contributed by atoms with Crippen LogP contribution in [0.1, 0.15) is 30.9 Å². The summed E-state index contributed by atoms with van der Waals surface area (Å²) in [6.07, 6.45) is 6.57. The first-order valence-corrected chi connectivity index (χ1v) is 7.79.